The van der Waals surface area contributed by atoms with Crippen molar-refractivity contribution in [1.82, 2.24) is 4.98 Å². The fraction of sp³-hybridized carbons (Fsp3) is 0.214. The highest BCUT2D eigenvalue weighted by molar-refractivity contribution is 9.10. The van der Waals surface area contributed by atoms with Crippen LogP contribution in [0.3, 0.4) is 0 Å². The lowest BCUT2D eigenvalue weighted by molar-refractivity contribution is 0.307. The van der Waals surface area contributed by atoms with Gasteiger partial charge in [0.15, 0.2) is 0 Å². The second-order valence-corrected chi connectivity index (χ2v) is 5.51. The van der Waals surface area contributed by atoms with Crippen molar-refractivity contribution in [3.05, 3.63) is 39.8 Å². The van der Waals surface area contributed by atoms with Crippen molar-refractivity contribution in [3.8, 4) is 5.88 Å². The molecule has 0 saturated heterocycles. The molecule has 2 rings (SSSR count). The minimum absolute atomic E-state index is 0.435. The number of aromatic nitrogens is 1. The number of nitrogens with two attached hydrogens (primary N) is 1. The Hall–Kier alpha value is -1.46. The highest BCUT2D eigenvalue weighted by Gasteiger charge is 2.06. The van der Waals surface area contributed by atoms with Crippen molar-refractivity contribution in [3.63, 3.8) is 0 Å². The number of hydrogen-bond acceptors (Lipinski definition) is 4. The van der Waals surface area contributed by atoms with E-state index in [9.17, 15) is 0 Å². The van der Waals surface area contributed by atoms with E-state index < -0.39 is 0 Å². The Morgan fingerprint density at radius 3 is 2.85 bits per heavy atom. The summed E-state index contributed by atoms with van der Waals surface area (Å²) in [6.07, 6.45) is 0.900. The van der Waals surface area contributed by atoms with Crippen molar-refractivity contribution in [2.45, 2.75) is 13.3 Å². The van der Waals surface area contributed by atoms with Gasteiger partial charge < -0.3 is 15.8 Å². The lowest BCUT2D eigenvalue weighted by atomic mass is 10.3. The molecule has 20 heavy (non-hydrogen) atoms. The van der Waals surface area contributed by atoms with Crippen LogP contribution in [0.5, 0.6) is 5.88 Å². The van der Waals surface area contributed by atoms with Gasteiger partial charge in [-0.3, -0.25) is 0 Å². The first-order chi connectivity index (χ1) is 9.60. The number of nitrogen functional groups attached to an aromatic ring is 1. The average Bonchev–Trinajstić information content (AvgIpc) is 2.42. The molecule has 4 nitrogen and oxygen atoms in total. The standard InChI is InChI=1S/C14H15BrClN3O/c1-2-7-20-14-11(17)4-6-13(19-14)18-12-5-3-9(15)8-10(12)16/h3-6,8H,2,7,17H2,1H3,(H,18,19). The van der Waals surface area contributed by atoms with Crippen LogP contribution in [0.25, 0.3) is 0 Å². The van der Waals surface area contributed by atoms with Crippen LogP contribution >= 0.6 is 27.5 Å². The molecule has 0 amide bonds. The van der Waals surface area contributed by atoms with Crippen molar-refractivity contribution in [1.29, 1.82) is 0 Å². The zero-order chi connectivity index (χ0) is 14.5. The zero-order valence-electron chi connectivity index (χ0n) is 11.0. The van der Waals surface area contributed by atoms with Gasteiger partial charge in [0.1, 0.15) is 5.82 Å². The number of pyridine rings is 1. The number of nitrogens with zero attached hydrogens (tertiary/aromatic N) is 1. The van der Waals surface area contributed by atoms with Crippen molar-refractivity contribution in [2.75, 3.05) is 17.7 Å². The smallest absolute Gasteiger partial charge is 0.239 e. The predicted molar refractivity (Wildman–Crippen MR) is 86.9 cm³/mol. The van der Waals surface area contributed by atoms with Crippen LogP contribution in [0.4, 0.5) is 17.2 Å². The maximum Gasteiger partial charge on any atom is 0.239 e. The first kappa shape index (κ1) is 14.9. The maximum atomic E-state index is 6.16. The van der Waals surface area contributed by atoms with Gasteiger partial charge in [0.25, 0.3) is 0 Å². The molecule has 0 unspecified atom stereocenters. The lowest BCUT2D eigenvalue weighted by Crippen LogP contribution is -2.03. The van der Waals surface area contributed by atoms with Gasteiger partial charge in [0.2, 0.25) is 5.88 Å². The van der Waals surface area contributed by atoms with Crippen LogP contribution in [-0.2, 0) is 0 Å². The monoisotopic (exact) mass is 355 g/mol. The van der Waals surface area contributed by atoms with Gasteiger partial charge in [-0.1, -0.05) is 34.5 Å². The van der Waals surface area contributed by atoms with Crippen molar-refractivity contribution < 1.29 is 4.74 Å². The molecule has 3 N–H and O–H groups in total. The molecule has 0 aliphatic rings. The third kappa shape index (κ3) is 3.77. The number of benzene rings is 1. The van der Waals surface area contributed by atoms with E-state index in [1.54, 1.807) is 12.1 Å². The summed E-state index contributed by atoms with van der Waals surface area (Å²) in [6.45, 7) is 2.61. The van der Waals surface area contributed by atoms with Crippen molar-refractivity contribution >= 4 is 44.7 Å². The Bertz CT molecular complexity index is 607. The molecule has 1 aromatic heterocycles. The van der Waals surface area contributed by atoms with E-state index in [0.29, 0.717) is 29.0 Å². The Labute approximate surface area is 131 Å². The number of rotatable bonds is 5. The number of nitrogens with one attached hydrogen (secondary N) is 1. The molecule has 0 radical (unpaired) electrons. The minimum atomic E-state index is 0.435. The number of hydrogen-bond donors (Lipinski definition) is 2. The van der Waals surface area contributed by atoms with Crippen LogP contribution in [0, 0.1) is 0 Å². The summed E-state index contributed by atoms with van der Waals surface area (Å²) in [6, 6.07) is 9.13. The minimum Gasteiger partial charge on any atom is -0.476 e. The molecule has 6 heteroatoms. The van der Waals surface area contributed by atoms with Gasteiger partial charge in [-0.2, -0.15) is 4.98 Å². The van der Waals surface area contributed by atoms with Gasteiger partial charge >= 0.3 is 0 Å². The molecule has 0 fully saturated rings. The largest absolute Gasteiger partial charge is 0.476 e. The molecule has 1 heterocycles. The van der Waals surface area contributed by atoms with E-state index >= 15 is 0 Å². The van der Waals surface area contributed by atoms with Crippen molar-refractivity contribution in [2.24, 2.45) is 0 Å². The van der Waals surface area contributed by atoms with E-state index in [1.165, 1.54) is 0 Å². The van der Waals surface area contributed by atoms with Crippen LogP contribution in [0.2, 0.25) is 5.02 Å². The van der Waals surface area contributed by atoms with Gasteiger partial charge in [0, 0.05) is 4.47 Å². The Morgan fingerprint density at radius 2 is 2.15 bits per heavy atom. The lowest BCUT2D eigenvalue weighted by Gasteiger charge is -2.11. The molecular formula is C14H15BrClN3O. The highest BCUT2D eigenvalue weighted by atomic mass is 79.9. The van der Waals surface area contributed by atoms with Crippen LogP contribution < -0.4 is 15.8 Å². The summed E-state index contributed by atoms with van der Waals surface area (Å²) >= 11 is 9.52. The molecule has 0 aliphatic heterocycles. The molecule has 0 saturated carbocycles. The fourth-order valence-corrected chi connectivity index (χ4v) is 2.28. The second kappa shape index (κ2) is 6.81. The van der Waals surface area contributed by atoms with Crippen LogP contribution in [0.1, 0.15) is 13.3 Å². The number of anilines is 3. The summed E-state index contributed by atoms with van der Waals surface area (Å²) in [5, 5.41) is 3.75. The van der Waals surface area contributed by atoms with Gasteiger partial charge in [0.05, 0.1) is 23.0 Å². The van der Waals surface area contributed by atoms with E-state index in [2.05, 4.69) is 26.2 Å². The van der Waals surface area contributed by atoms with E-state index in [-0.39, 0.29) is 0 Å². The Kier molecular flexibility index (Phi) is 5.09. The van der Waals surface area contributed by atoms with Gasteiger partial charge in [-0.05, 0) is 36.8 Å². The van der Waals surface area contributed by atoms with E-state index in [0.717, 1.165) is 16.6 Å². The number of halogens is 2. The van der Waals surface area contributed by atoms with Gasteiger partial charge in [-0.25, -0.2) is 0 Å². The topological polar surface area (TPSA) is 60.2 Å². The Balaban J connectivity index is 2.20. The fourth-order valence-electron chi connectivity index (χ4n) is 1.56. The maximum absolute atomic E-state index is 6.16. The normalized spacial score (nSPS) is 10.3. The molecule has 106 valence electrons. The van der Waals surface area contributed by atoms with E-state index in [4.69, 9.17) is 22.1 Å². The highest BCUT2D eigenvalue weighted by Crippen LogP contribution is 2.29. The third-order valence-electron chi connectivity index (χ3n) is 2.53. The first-order valence-corrected chi connectivity index (χ1v) is 7.38. The molecule has 2 aromatic rings. The second-order valence-electron chi connectivity index (χ2n) is 4.19. The summed E-state index contributed by atoms with van der Waals surface area (Å²) in [7, 11) is 0. The summed E-state index contributed by atoms with van der Waals surface area (Å²) in [5.74, 6) is 1.07. The third-order valence-corrected chi connectivity index (χ3v) is 3.33. The Morgan fingerprint density at radius 1 is 1.35 bits per heavy atom. The van der Waals surface area contributed by atoms with E-state index in [1.807, 2.05) is 25.1 Å². The van der Waals surface area contributed by atoms with Gasteiger partial charge in [-0.15, -0.1) is 0 Å². The predicted octanol–water partition coefficient (Wildman–Crippen LogP) is 4.61. The summed E-state index contributed by atoms with van der Waals surface area (Å²) in [5.41, 5.74) is 7.12. The quantitative estimate of drug-likeness (QED) is 0.821. The SMILES string of the molecule is CCCOc1nc(Nc2ccc(Br)cc2Cl)ccc1N. The molecule has 0 atom stereocenters. The first-order valence-electron chi connectivity index (χ1n) is 6.21. The molecule has 0 aliphatic carbocycles. The number of ether oxygens (including phenoxy) is 1. The van der Waals surface area contributed by atoms with Crippen LogP contribution in [0.15, 0.2) is 34.8 Å². The molecule has 0 spiro atoms. The zero-order valence-corrected chi connectivity index (χ0v) is 13.3. The summed E-state index contributed by atoms with van der Waals surface area (Å²) < 4.78 is 6.42. The molecular weight excluding hydrogens is 342 g/mol. The summed E-state index contributed by atoms with van der Waals surface area (Å²) in [4.78, 5) is 4.34. The average molecular weight is 357 g/mol. The molecule has 0 bridgehead atoms. The van der Waals surface area contributed by atoms with Crippen LogP contribution in [-0.4, -0.2) is 11.6 Å². The molecule has 1 aromatic carbocycles.